The Balaban J connectivity index is 1.17. The molecule has 3 heterocycles. The number of hydrogen-bond donors (Lipinski definition) is 2. The molecule has 224 valence electrons. The molecule has 1 aliphatic carbocycles. The van der Waals surface area contributed by atoms with Crippen LogP contribution in [0, 0.1) is 17.6 Å². The van der Waals surface area contributed by atoms with E-state index in [1.807, 2.05) is 0 Å². The molecule has 0 saturated heterocycles. The first-order valence-electron chi connectivity index (χ1n) is 13.8. The fourth-order valence-corrected chi connectivity index (χ4v) is 5.13. The quantitative estimate of drug-likeness (QED) is 0.240. The highest BCUT2D eigenvalue weighted by Gasteiger charge is 2.36. The molecule has 44 heavy (non-hydrogen) atoms. The maximum Gasteiger partial charge on any atom is 0.282 e. The van der Waals surface area contributed by atoms with E-state index in [0.717, 1.165) is 4.68 Å². The van der Waals surface area contributed by atoms with Gasteiger partial charge >= 0.3 is 0 Å². The fourth-order valence-electron chi connectivity index (χ4n) is 5.13. The molecular weight excluding hydrogens is 572 g/mol. The highest BCUT2D eigenvalue weighted by Crippen LogP contribution is 2.37. The number of anilines is 1. The Morgan fingerprint density at radius 3 is 2.55 bits per heavy atom. The second kappa shape index (κ2) is 11.7. The highest BCUT2D eigenvalue weighted by atomic mass is 19.1. The second-order valence-corrected chi connectivity index (χ2v) is 10.8. The van der Waals surface area contributed by atoms with Crippen LogP contribution in [0.2, 0.25) is 0 Å². The monoisotopic (exact) mass is 599 g/mol. The third kappa shape index (κ3) is 5.63. The number of halogens is 2. The second-order valence-electron chi connectivity index (χ2n) is 10.8. The number of rotatable bonds is 9. The third-order valence-electron chi connectivity index (χ3n) is 7.49. The molecule has 1 aliphatic rings. The van der Waals surface area contributed by atoms with Gasteiger partial charge in [0.05, 0.1) is 11.3 Å². The number of nitrogens with zero attached hydrogens (tertiary/aromatic N) is 5. The zero-order chi connectivity index (χ0) is 31.0. The average molecular weight is 600 g/mol. The number of Topliss-reactive ketones (excluding diaryl/α,β-unsaturated/α-hetero) is 1. The molecule has 6 rings (SSSR count). The zero-order valence-electron chi connectivity index (χ0n) is 23.8. The molecule has 0 aliphatic heterocycles. The lowest BCUT2D eigenvalue weighted by atomic mass is 9.79. The summed E-state index contributed by atoms with van der Waals surface area (Å²) in [6.45, 7) is 0. The Morgan fingerprint density at radius 2 is 1.82 bits per heavy atom. The topological polar surface area (TPSA) is 135 Å². The number of amides is 1. The minimum Gasteiger partial charge on any atom is -0.453 e. The van der Waals surface area contributed by atoms with E-state index >= 15 is 4.39 Å². The van der Waals surface area contributed by atoms with Gasteiger partial charge in [-0.1, -0.05) is 6.07 Å². The van der Waals surface area contributed by atoms with Crippen molar-refractivity contribution in [1.29, 1.82) is 0 Å². The number of hydrogen-bond acceptors (Lipinski definition) is 8. The fraction of sp³-hybridized carbons (Fsp3) is 0.226. The molecule has 0 unspecified atom stereocenters. The minimum absolute atomic E-state index is 0.0391. The van der Waals surface area contributed by atoms with E-state index in [2.05, 4.69) is 25.6 Å². The molecule has 13 heteroatoms. The van der Waals surface area contributed by atoms with Gasteiger partial charge < -0.3 is 15.0 Å². The Morgan fingerprint density at radius 1 is 1.05 bits per heavy atom. The normalized spacial score (nSPS) is 15.9. The summed E-state index contributed by atoms with van der Waals surface area (Å²) >= 11 is 0. The number of ether oxygens (including phenoxy) is 1. The summed E-state index contributed by atoms with van der Waals surface area (Å²) in [6.07, 6.45) is 3.89. The number of H-pyrrole nitrogens is 1. The van der Waals surface area contributed by atoms with Crippen LogP contribution >= 0.6 is 0 Å². The van der Waals surface area contributed by atoms with E-state index in [1.165, 1.54) is 54.9 Å². The number of benzene rings is 2. The Bertz CT molecular complexity index is 1930. The molecule has 2 N–H and O–H groups in total. The van der Waals surface area contributed by atoms with Gasteiger partial charge in [0.2, 0.25) is 5.91 Å². The van der Waals surface area contributed by atoms with Gasteiger partial charge in [-0.05, 0) is 60.9 Å². The Hall–Kier alpha value is -5.46. The summed E-state index contributed by atoms with van der Waals surface area (Å²) in [5.74, 6) is -0.955. The van der Waals surface area contributed by atoms with Gasteiger partial charge in [-0.25, -0.2) is 13.8 Å². The summed E-state index contributed by atoms with van der Waals surface area (Å²) in [6, 6.07) is 12.2. The van der Waals surface area contributed by atoms with Gasteiger partial charge in [-0.2, -0.15) is 14.9 Å². The van der Waals surface area contributed by atoms with Crippen LogP contribution in [0.3, 0.4) is 0 Å². The lowest BCUT2D eigenvalue weighted by molar-refractivity contribution is -0.135. The summed E-state index contributed by atoms with van der Waals surface area (Å²) in [4.78, 5) is 44.0. The maximum atomic E-state index is 15.2. The Kier molecular flexibility index (Phi) is 7.60. The largest absolute Gasteiger partial charge is 0.453 e. The first-order chi connectivity index (χ1) is 21.2. The van der Waals surface area contributed by atoms with E-state index < -0.39 is 23.0 Å². The van der Waals surface area contributed by atoms with Crippen molar-refractivity contribution >= 4 is 28.5 Å². The molecule has 11 nitrogen and oxygen atoms in total. The number of fused-ring (bicyclic) bond motifs is 1. The number of aromatic amines is 1. The van der Waals surface area contributed by atoms with Gasteiger partial charge in [0, 0.05) is 50.9 Å². The molecule has 0 radical (unpaired) electrons. The predicted octanol–water partition coefficient (Wildman–Crippen LogP) is 4.28. The van der Waals surface area contributed by atoms with Gasteiger partial charge in [-0.3, -0.25) is 19.5 Å². The molecule has 0 spiro atoms. The van der Waals surface area contributed by atoms with Crippen LogP contribution in [0.4, 0.5) is 14.6 Å². The molecule has 1 amide bonds. The number of aromatic nitrogens is 5. The molecular formula is C31H27F2N7O4. The lowest BCUT2D eigenvalue weighted by Gasteiger charge is -2.36. The van der Waals surface area contributed by atoms with Crippen molar-refractivity contribution in [3.63, 3.8) is 0 Å². The Labute approximate surface area is 249 Å². The SMILES string of the molecule is CN(C)C(=O)C1CC(Nc2n[nH]c3nccc(Oc4ccc(CC(=O)c5ccnn(-c6ccc(F)cc6)c5=O)cc4F)c23)C1. The van der Waals surface area contributed by atoms with Crippen molar-refractivity contribution in [1.82, 2.24) is 29.9 Å². The van der Waals surface area contributed by atoms with Gasteiger partial charge in [0.25, 0.3) is 5.56 Å². The standard InChI is InChI=1S/C31H27F2N7O4/c1-39(2)30(42)18-15-20(16-18)36-29-27-26(10-11-34-28(27)37-38-29)44-25-8-3-17(13-23(25)33)14-24(41)22-9-12-35-40(31(22)43)21-6-4-19(32)5-7-21/h3-13,18,20H,14-16H2,1-2H3,(H2,34,36,37,38). The van der Waals surface area contributed by atoms with E-state index in [4.69, 9.17) is 4.74 Å². The summed E-state index contributed by atoms with van der Waals surface area (Å²) in [5, 5.41) is 15.0. The van der Waals surface area contributed by atoms with Crippen molar-refractivity contribution in [3.05, 3.63) is 100 Å². The molecule has 3 aromatic heterocycles. The molecule has 1 fully saturated rings. The minimum atomic E-state index is -0.708. The molecule has 2 aromatic carbocycles. The van der Waals surface area contributed by atoms with Crippen LogP contribution in [0.5, 0.6) is 11.5 Å². The van der Waals surface area contributed by atoms with E-state index in [-0.39, 0.29) is 35.6 Å². The molecule has 5 aromatic rings. The van der Waals surface area contributed by atoms with Gasteiger partial charge in [0.15, 0.2) is 28.8 Å². The van der Waals surface area contributed by atoms with Crippen molar-refractivity contribution < 1.29 is 23.1 Å². The molecule has 0 atom stereocenters. The van der Waals surface area contributed by atoms with Crippen molar-refractivity contribution in [2.24, 2.45) is 5.92 Å². The maximum absolute atomic E-state index is 15.2. The zero-order valence-corrected chi connectivity index (χ0v) is 23.8. The smallest absolute Gasteiger partial charge is 0.282 e. The summed E-state index contributed by atoms with van der Waals surface area (Å²) < 4.78 is 35.5. The highest BCUT2D eigenvalue weighted by molar-refractivity contribution is 5.97. The van der Waals surface area contributed by atoms with Crippen LogP contribution in [0.15, 0.2) is 71.8 Å². The summed E-state index contributed by atoms with van der Waals surface area (Å²) in [5.41, 5.74) is 0.278. The van der Waals surface area contributed by atoms with E-state index in [1.54, 1.807) is 31.1 Å². The van der Waals surface area contributed by atoms with Crippen LogP contribution in [-0.2, 0) is 11.2 Å². The molecule has 1 saturated carbocycles. The predicted molar refractivity (Wildman–Crippen MR) is 157 cm³/mol. The van der Waals surface area contributed by atoms with Gasteiger partial charge in [-0.15, -0.1) is 0 Å². The lowest BCUT2D eigenvalue weighted by Crippen LogP contribution is -2.44. The first kappa shape index (κ1) is 28.6. The number of carbonyl (C=O) groups excluding carboxylic acids is 2. The third-order valence-corrected chi connectivity index (χ3v) is 7.49. The van der Waals surface area contributed by atoms with Crippen LogP contribution in [-0.4, -0.2) is 61.7 Å². The van der Waals surface area contributed by atoms with Crippen molar-refractivity contribution in [3.8, 4) is 17.2 Å². The van der Waals surface area contributed by atoms with E-state index in [9.17, 15) is 18.8 Å². The van der Waals surface area contributed by atoms with Gasteiger partial charge in [0.1, 0.15) is 17.0 Å². The van der Waals surface area contributed by atoms with Crippen LogP contribution in [0.25, 0.3) is 16.7 Å². The number of pyridine rings is 1. The number of nitrogens with one attached hydrogen (secondary N) is 2. The molecule has 0 bridgehead atoms. The number of carbonyl (C=O) groups is 2. The van der Waals surface area contributed by atoms with Crippen LogP contribution < -0.4 is 15.6 Å². The first-order valence-corrected chi connectivity index (χ1v) is 13.8. The van der Waals surface area contributed by atoms with E-state index in [0.29, 0.717) is 46.7 Å². The summed E-state index contributed by atoms with van der Waals surface area (Å²) in [7, 11) is 3.47. The van der Waals surface area contributed by atoms with Crippen molar-refractivity contribution in [2.45, 2.75) is 25.3 Å². The van der Waals surface area contributed by atoms with Crippen molar-refractivity contribution in [2.75, 3.05) is 19.4 Å². The average Bonchev–Trinajstić information content (AvgIpc) is 3.40. The number of ketones is 1. The van der Waals surface area contributed by atoms with Crippen LogP contribution in [0.1, 0.15) is 28.8 Å².